The van der Waals surface area contributed by atoms with Gasteiger partial charge in [-0.1, -0.05) is 30.0 Å². The summed E-state index contributed by atoms with van der Waals surface area (Å²) < 4.78 is 32.1. The highest BCUT2D eigenvalue weighted by Gasteiger charge is 2.26. The van der Waals surface area contributed by atoms with Crippen molar-refractivity contribution >= 4 is 22.6 Å². The van der Waals surface area contributed by atoms with Gasteiger partial charge in [-0.3, -0.25) is 0 Å². The number of piperidine rings is 1. The molecule has 4 nitrogen and oxygen atoms in total. The van der Waals surface area contributed by atoms with Gasteiger partial charge in [-0.2, -0.15) is 0 Å². The van der Waals surface area contributed by atoms with Gasteiger partial charge in [0.25, 0.3) is 0 Å². The summed E-state index contributed by atoms with van der Waals surface area (Å²) in [6.07, 6.45) is 4.06. The standard InChI is InChI=1S/C24H29F2N3OS/c1-28(24-27-22-7-3-2-6-18(22)17-31-24)20-10-13-29(14-11-20)12-4-5-15-30-23-16-19(25)8-9-21(23)26/h2-3,6-9,16,20H,4-5,10-15,17H2,1H3. The van der Waals surface area contributed by atoms with E-state index in [0.29, 0.717) is 12.6 Å². The van der Waals surface area contributed by atoms with Crippen molar-refractivity contribution in [3.63, 3.8) is 0 Å². The molecule has 0 saturated carbocycles. The van der Waals surface area contributed by atoms with Gasteiger partial charge in [0, 0.05) is 38.0 Å². The summed E-state index contributed by atoms with van der Waals surface area (Å²) in [5.74, 6) is -0.0161. The lowest BCUT2D eigenvalue weighted by molar-refractivity contribution is 0.161. The Labute approximate surface area is 187 Å². The molecule has 0 aliphatic carbocycles. The van der Waals surface area contributed by atoms with Gasteiger partial charge in [0.1, 0.15) is 5.82 Å². The van der Waals surface area contributed by atoms with Crippen LogP contribution in [-0.4, -0.2) is 54.3 Å². The first-order valence-electron chi connectivity index (χ1n) is 10.9. The molecule has 2 aromatic rings. The fourth-order valence-electron chi connectivity index (χ4n) is 4.09. The third kappa shape index (κ3) is 5.77. The van der Waals surface area contributed by atoms with Crippen molar-refractivity contribution in [1.29, 1.82) is 0 Å². The van der Waals surface area contributed by atoms with Gasteiger partial charge in [-0.05, 0) is 56.0 Å². The Morgan fingerprint density at radius 3 is 2.77 bits per heavy atom. The molecule has 31 heavy (non-hydrogen) atoms. The number of hydrogen-bond donors (Lipinski definition) is 0. The maximum Gasteiger partial charge on any atom is 0.165 e. The average molecular weight is 446 g/mol. The fraction of sp³-hybridized carbons (Fsp3) is 0.458. The Bertz CT molecular complexity index is 915. The molecule has 1 saturated heterocycles. The van der Waals surface area contributed by atoms with Crippen LogP contribution in [0.1, 0.15) is 31.2 Å². The molecule has 2 aliphatic heterocycles. The number of halogens is 2. The number of ether oxygens (including phenoxy) is 1. The van der Waals surface area contributed by atoms with E-state index in [4.69, 9.17) is 9.73 Å². The number of unbranched alkanes of at least 4 members (excludes halogenated alkanes) is 1. The van der Waals surface area contributed by atoms with Crippen LogP contribution < -0.4 is 4.74 Å². The number of nitrogens with zero attached hydrogens (tertiary/aromatic N) is 3. The Hall–Kier alpha value is -2.12. The Morgan fingerprint density at radius 2 is 1.94 bits per heavy atom. The van der Waals surface area contributed by atoms with Gasteiger partial charge in [0.05, 0.1) is 12.3 Å². The summed E-state index contributed by atoms with van der Waals surface area (Å²) in [5, 5.41) is 1.12. The van der Waals surface area contributed by atoms with Crippen LogP contribution >= 0.6 is 11.8 Å². The van der Waals surface area contributed by atoms with Gasteiger partial charge in [0.2, 0.25) is 0 Å². The largest absolute Gasteiger partial charge is 0.490 e. The SMILES string of the molecule is CN(C1=Nc2ccccc2CS1)C1CCN(CCCCOc2cc(F)ccc2F)CC1. The Balaban J connectivity index is 1.16. The summed E-state index contributed by atoms with van der Waals surface area (Å²) in [6, 6.07) is 12.2. The molecule has 0 spiro atoms. The van der Waals surface area contributed by atoms with Crippen LogP contribution in [0, 0.1) is 11.6 Å². The minimum atomic E-state index is -0.517. The Morgan fingerprint density at radius 1 is 1.13 bits per heavy atom. The first kappa shape index (κ1) is 22.1. The molecule has 2 heterocycles. The van der Waals surface area contributed by atoms with E-state index in [-0.39, 0.29) is 5.75 Å². The third-order valence-electron chi connectivity index (χ3n) is 5.99. The lowest BCUT2D eigenvalue weighted by atomic mass is 10.0. The summed E-state index contributed by atoms with van der Waals surface area (Å²) in [7, 11) is 2.17. The minimum Gasteiger partial charge on any atom is -0.490 e. The predicted octanol–water partition coefficient (Wildman–Crippen LogP) is 5.45. The minimum absolute atomic E-state index is 0.00466. The second-order valence-electron chi connectivity index (χ2n) is 8.13. The molecule has 0 atom stereocenters. The van der Waals surface area contributed by atoms with E-state index in [1.807, 2.05) is 17.8 Å². The van der Waals surface area contributed by atoms with E-state index in [2.05, 4.69) is 35.0 Å². The molecular formula is C24H29F2N3OS. The highest BCUT2D eigenvalue weighted by atomic mass is 32.2. The number of benzene rings is 2. The van der Waals surface area contributed by atoms with Crippen LogP contribution in [0.3, 0.4) is 0 Å². The zero-order chi connectivity index (χ0) is 21.6. The summed E-state index contributed by atoms with van der Waals surface area (Å²) in [6.45, 7) is 3.55. The smallest absolute Gasteiger partial charge is 0.165 e. The van der Waals surface area contributed by atoms with Gasteiger partial charge >= 0.3 is 0 Å². The maximum atomic E-state index is 13.6. The van der Waals surface area contributed by atoms with E-state index in [1.54, 1.807) is 0 Å². The zero-order valence-electron chi connectivity index (χ0n) is 17.9. The van der Waals surface area contributed by atoms with Crippen molar-refractivity contribution in [1.82, 2.24) is 9.80 Å². The lowest BCUT2D eigenvalue weighted by Gasteiger charge is -2.38. The van der Waals surface area contributed by atoms with Crippen LogP contribution in [0.5, 0.6) is 5.75 Å². The third-order valence-corrected chi connectivity index (χ3v) is 7.08. The van der Waals surface area contributed by atoms with Gasteiger partial charge in [0.15, 0.2) is 16.7 Å². The number of fused-ring (bicyclic) bond motifs is 1. The second kappa shape index (κ2) is 10.5. The molecule has 0 bridgehead atoms. The molecule has 7 heteroatoms. The van der Waals surface area contributed by atoms with E-state index >= 15 is 0 Å². The highest BCUT2D eigenvalue weighted by Crippen LogP contribution is 2.33. The van der Waals surface area contributed by atoms with Gasteiger partial charge in [-0.15, -0.1) is 0 Å². The summed E-state index contributed by atoms with van der Waals surface area (Å²) in [4.78, 5) is 9.72. The van der Waals surface area contributed by atoms with Crippen LogP contribution in [0.2, 0.25) is 0 Å². The molecule has 0 unspecified atom stereocenters. The number of rotatable bonds is 7. The molecule has 0 N–H and O–H groups in total. The van der Waals surface area contributed by atoms with E-state index in [9.17, 15) is 8.78 Å². The normalized spacial score (nSPS) is 17.2. The molecule has 0 amide bonds. The van der Waals surface area contributed by atoms with Crippen LogP contribution in [0.4, 0.5) is 14.5 Å². The fourth-order valence-corrected chi connectivity index (χ4v) is 5.14. The Kier molecular flexibility index (Phi) is 7.45. The molecule has 4 rings (SSSR count). The molecule has 0 aromatic heterocycles. The van der Waals surface area contributed by atoms with E-state index in [0.717, 1.165) is 80.1 Å². The summed E-state index contributed by atoms with van der Waals surface area (Å²) >= 11 is 1.83. The topological polar surface area (TPSA) is 28.1 Å². The summed E-state index contributed by atoms with van der Waals surface area (Å²) in [5.41, 5.74) is 2.41. The van der Waals surface area contributed by atoms with Crippen molar-refractivity contribution in [2.45, 2.75) is 37.5 Å². The molecule has 166 valence electrons. The van der Waals surface area contributed by atoms with E-state index < -0.39 is 11.6 Å². The number of hydrogen-bond acceptors (Lipinski definition) is 5. The van der Waals surface area contributed by atoms with Crippen LogP contribution in [-0.2, 0) is 5.75 Å². The van der Waals surface area contributed by atoms with Crippen LogP contribution in [0.15, 0.2) is 47.5 Å². The molecular weight excluding hydrogens is 416 g/mol. The number of thioether (sulfide) groups is 1. The quantitative estimate of drug-likeness (QED) is 0.530. The highest BCUT2D eigenvalue weighted by molar-refractivity contribution is 8.13. The first-order chi connectivity index (χ1) is 15.1. The first-order valence-corrected chi connectivity index (χ1v) is 11.9. The van der Waals surface area contributed by atoms with Crippen molar-refractivity contribution in [3.8, 4) is 5.75 Å². The zero-order valence-corrected chi connectivity index (χ0v) is 18.7. The second-order valence-corrected chi connectivity index (χ2v) is 9.07. The van der Waals surface area contributed by atoms with Crippen molar-refractivity contribution < 1.29 is 13.5 Å². The van der Waals surface area contributed by atoms with E-state index in [1.165, 1.54) is 5.56 Å². The average Bonchev–Trinajstić information content (AvgIpc) is 2.80. The monoisotopic (exact) mass is 445 g/mol. The maximum absolute atomic E-state index is 13.6. The molecule has 1 fully saturated rings. The van der Waals surface area contributed by atoms with Crippen molar-refractivity contribution in [2.24, 2.45) is 4.99 Å². The lowest BCUT2D eigenvalue weighted by Crippen LogP contribution is -2.45. The number of likely N-dealkylation sites (tertiary alicyclic amines) is 1. The number of aliphatic imine (C=N–C) groups is 1. The number of amidine groups is 1. The molecule has 2 aromatic carbocycles. The van der Waals surface area contributed by atoms with Crippen molar-refractivity contribution in [2.75, 3.05) is 33.3 Å². The molecule has 2 aliphatic rings. The van der Waals surface area contributed by atoms with Gasteiger partial charge in [-0.25, -0.2) is 13.8 Å². The number of para-hydroxylation sites is 1. The predicted molar refractivity (Wildman–Crippen MR) is 123 cm³/mol. The molecule has 0 radical (unpaired) electrons. The van der Waals surface area contributed by atoms with Crippen molar-refractivity contribution in [3.05, 3.63) is 59.7 Å². The van der Waals surface area contributed by atoms with Crippen LogP contribution in [0.25, 0.3) is 0 Å². The van der Waals surface area contributed by atoms with Gasteiger partial charge < -0.3 is 14.5 Å².